The lowest BCUT2D eigenvalue weighted by Gasteiger charge is -2.18. The summed E-state index contributed by atoms with van der Waals surface area (Å²) in [5, 5.41) is 18.1. The van der Waals surface area contributed by atoms with E-state index in [0.29, 0.717) is 0 Å². The van der Waals surface area contributed by atoms with Crippen LogP contribution in [-0.4, -0.2) is 35.4 Å². The van der Waals surface area contributed by atoms with Crippen LogP contribution in [0, 0.1) is 11.8 Å². The first-order valence-corrected chi connectivity index (χ1v) is 6.56. The van der Waals surface area contributed by atoms with E-state index in [4.69, 9.17) is 26.4 Å². The molecule has 0 aliphatic rings. The highest BCUT2D eigenvalue weighted by molar-refractivity contribution is 5.88. The number of carboxylic acids is 2. The summed E-state index contributed by atoms with van der Waals surface area (Å²) in [6.45, 7) is 6.69. The zero-order chi connectivity index (χ0) is 16.7. The van der Waals surface area contributed by atoms with Crippen LogP contribution in [0.3, 0.4) is 0 Å². The smallest absolute Gasteiger partial charge is 0.333 e. The normalized spacial score (nSPS) is 16.6. The third-order valence-corrected chi connectivity index (χ3v) is 3.03. The van der Waals surface area contributed by atoms with Gasteiger partial charge >= 0.3 is 11.9 Å². The van der Waals surface area contributed by atoms with Gasteiger partial charge in [0.05, 0.1) is 24.4 Å². The molecule has 0 spiro atoms. The standard InChI is InChI=1S/C14H24N2O5/c1-7(11(9(3)15)13(17)18)5-21-6-8(2)12(10(4)16)14(19)20/h7-8H,5-6,15-16H2,1-4H3,(H,17,18)(H,19,20). The van der Waals surface area contributed by atoms with E-state index >= 15 is 0 Å². The van der Waals surface area contributed by atoms with Crippen LogP contribution < -0.4 is 11.5 Å². The van der Waals surface area contributed by atoms with Gasteiger partial charge in [-0.25, -0.2) is 9.59 Å². The van der Waals surface area contributed by atoms with Crippen molar-refractivity contribution in [2.45, 2.75) is 27.7 Å². The molecule has 0 saturated heterocycles. The van der Waals surface area contributed by atoms with Crippen molar-refractivity contribution < 1.29 is 24.5 Å². The summed E-state index contributed by atoms with van der Waals surface area (Å²) in [4.78, 5) is 22.1. The lowest BCUT2D eigenvalue weighted by Crippen LogP contribution is -2.23. The Hall–Kier alpha value is -2.02. The number of carboxylic acid groups (broad SMARTS) is 2. The summed E-state index contributed by atoms with van der Waals surface area (Å²) < 4.78 is 5.41. The van der Waals surface area contributed by atoms with Crippen molar-refractivity contribution in [1.82, 2.24) is 0 Å². The van der Waals surface area contributed by atoms with Crippen LogP contribution in [0.2, 0.25) is 0 Å². The summed E-state index contributed by atoms with van der Waals surface area (Å²) in [6, 6.07) is 0. The Labute approximate surface area is 124 Å². The molecular weight excluding hydrogens is 276 g/mol. The number of aliphatic carboxylic acids is 2. The van der Waals surface area contributed by atoms with E-state index in [1.165, 1.54) is 13.8 Å². The zero-order valence-electron chi connectivity index (χ0n) is 12.8. The summed E-state index contributed by atoms with van der Waals surface area (Å²) in [5.74, 6) is -2.95. The van der Waals surface area contributed by atoms with Crippen molar-refractivity contribution in [3.8, 4) is 0 Å². The van der Waals surface area contributed by atoms with E-state index in [2.05, 4.69) is 0 Å². The molecule has 0 radical (unpaired) electrons. The van der Waals surface area contributed by atoms with Gasteiger partial charge in [0.25, 0.3) is 0 Å². The Kier molecular flexibility index (Phi) is 7.51. The lowest BCUT2D eigenvalue weighted by atomic mass is 9.99. The van der Waals surface area contributed by atoms with Crippen LogP contribution in [0.25, 0.3) is 0 Å². The molecule has 0 bridgehead atoms. The van der Waals surface area contributed by atoms with Crippen LogP contribution in [0.15, 0.2) is 22.5 Å². The summed E-state index contributed by atoms with van der Waals surface area (Å²) in [7, 11) is 0. The van der Waals surface area contributed by atoms with Crippen molar-refractivity contribution in [1.29, 1.82) is 0 Å². The second-order valence-electron chi connectivity index (χ2n) is 5.14. The third kappa shape index (κ3) is 5.86. The average molecular weight is 300 g/mol. The molecule has 2 unspecified atom stereocenters. The monoisotopic (exact) mass is 300 g/mol. The third-order valence-electron chi connectivity index (χ3n) is 3.03. The molecule has 0 rings (SSSR count). The van der Waals surface area contributed by atoms with Gasteiger partial charge in [-0.1, -0.05) is 13.8 Å². The SMILES string of the molecule is CC(N)=C(C(=O)O)C(C)COCC(C)C(C(=O)O)=C(C)N. The predicted octanol–water partition coefficient (Wildman–Crippen LogP) is 0.910. The van der Waals surface area contributed by atoms with Crippen LogP contribution >= 0.6 is 0 Å². The molecule has 0 aromatic carbocycles. The first kappa shape index (κ1) is 19.0. The average Bonchev–Trinajstić information content (AvgIpc) is 2.26. The van der Waals surface area contributed by atoms with Crippen molar-refractivity contribution in [3.63, 3.8) is 0 Å². The number of ether oxygens (including phenoxy) is 1. The van der Waals surface area contributed by atoms with Gasteiger partial charge in [-0.3, -0.25) is 0 Å². The fraction of sp³-hybridized carbons (Fsp3) is 0.571. The molecule has 6 N–H and O–H groups in total. The van der Waals surface area contributed by atoms with E-state index in [1.54, 1.807) is 13.8 Å². The Morgan fingerprint density at radius 3 is 1.38 bits per heavy atom. The van der Waals surface area contributed by atoms with Crippen LogP contribution in [0.1, 0.15) is 27.7 Å². The highest BCUT2D eigenvalue weighted by Crippen LogP contribution is 2.17. The molecule has 120 valence electrons. The van der Waals surface area contributed by atoms with E-state index in [1.807, 2.05) is 0 Å². The van der Waals surface area contributed by atoms with Gasteiger partial charge in [-0.05, 0) is 13.8 Å². The maximum atomic E-state index is 11.1. The second-order valence-corrected chi connectivity index (χ2v) is 5.14. The van der Waals surface area contributed by atoms with Crippen molar-refractivity contribution >= 4 is 11.9 Å². The van der Waals surface area contributed by atoms with Crippen molar-refractivity contribution in [2.75, 3.05) is 13.2 Å². The largest absolute Gasteiger partial charge is 0.478 e. The lowest BCUT2D eigenvalue weighted by molar-refractivity contribution is -0.134. The molecular formula is C14H24N2O5. The molecule has 0 heterocycles. The molecule has 0 amide bonds. The molecule has 0 aromatic heterocycles. The Balaban J connectivity index is 4.64. The molecule has 21 heavy (non-hydrogen) atoms. The number of nitrogens with two attached hydrogens (primary N) is 2. The number of rotatable bonds is 8. The molecule has 2 atom stereocenters. The van der Waals surface area contributed by atoms with E-state index in [-0.39, 0.29) is 35.8 Å². The van der Waals surface area contributed by atoms with E-state index in [0.717, 1.165) is 0 Å². The van der Waals surface area contributed by atoms with E-state index in [9.17, 15) is 9.59 Å². The first-order chi connectivity index (χ1) is 9.59. The molecule has 7 nitrogen and oxygen atoms in total. The highest BCUT2D eigenvalue weighted by Gasteiger charge is 2.21. The summed E-state index contributed by atoms with van der Waals surface area (Å²) in [6.07, 6.45) is 0. The molecule has 0 fully saturated rings. The second kappa shape index (κ2) is 8.31. The molecule has 0 aliphatic heterocycles. The van der Waals surface area contributed by atoms with Crippen LogP contribution in [0.5, 0.6) is 0 Å². The minimum atomic E-state index is -1.08. The zero-order valence-corrected chi connectivity index (χ0v) is 12.8. The molecule has 0 saturated carbocycles. The number of carbonyl (C=O) groups is 2. The molecule has 0 aliphatic carbocycles. The number of allylic oxidation sites excluding steroid dienone is 2. The Bertz CT molecular complexity index is 418. The Morgan fingerprint density at radius 1 is 0.905 bits per heavy atom. The van der Waals surface area contributed by atoms with Crippen LogP contribution in [-0.2, 0) is 14.3 Å². The van der Waals surface area contributed by atoms with Gasteiger partial charge in [0.1, 0.15) is 0 Å². The maximum absolute atomic E-state index is 11.1. The van der Waals surface area contributed by atoms with Gasteiger partial charge in [0.2, 0.25) is 0 Å². The van der Waals surface area contributed by atoms with Gasteiger partial charge < -0.3 is 26.4 Å². The van der Waals surface area contributed by atoms with Gasteiger partial charge in [0.15, 0.2) is 0 Å². The van der Waals surface area contributed by atoms with Gasteiger partial charge in [-0.15, -0.1) is 0 Å². The Morgan fingerprint density at radius 2 is 1.19 bits per heavy atom. The fourth-order valence-corrected chi connectivity index (χ4v) is 2.12. The maximum Gasteiger partial charge on any atom is 0.333 e. The fourth-order valence-electron chi connectivity index (χ4n) is 2.12. The van der Waals surface area contributed by atoms with Crippen LogP contribution in [0.4, 0.5) is 0 Å². The topological polar surface area (TPSA) is 136 Å². The van der Waals surface area contributed by atoms with Crippen molar-refractivity contribution in [2.24, 2.45) is 23.3 Å². The first-order valence-electron chi connectivity index (χ1n) is 6.56. The number of hydrogen-bond acceptors (Lipinski definition) is 5. The highest BCUT2D eigenvalue weighted by atomic mass is 16.5. The van der Waals surface area contributed by atoms with Gasteiger partial charge in [0, 0.05) is 23.2 Å². The predicted molar refractivity (Wildman–Crippen MR) is 78.2 cm³/mol. The quantitative estimate of drug-likeness (QED) is 0.489. The summed E-state index contributed by atoms with van der Waals surface area (Å²) in [5.41, 5.74) is 11.7. The molecule has 0 aromatic rings. The van der Waals surface area contributed by atoms with E-state index < -0.39 is 23.8 Å². The molecule has 7 heteroatoms. The van der Waals surface area contributed by atoms with Gasteiger partial charge in [-0.2, -0.15) is 0 Å². The minimum Gasteiger partial charge on any atom is -0.478 e. The number of hydrogen-bond donors (Lipinski definition) is 4. The van der Waals surface area contributed by atoms with Crippen molar-refractivity contribution in [3.05, 3.63) is 22.5 Å². The summed E-state index contributed by atoms with van der Waals surface area (Å²) >= 11 is 0. The minimum absolute atomic E-state index is 0.103.